The minimum atomic E-state index is -0.227. The number of methoxy groups -OCH3 is 1. The van der Waals surface area contributed by atoms with Gasteiger partial charge in [-0.25, -0.2) is 0 Å². The third kappa shape index (κ3) is 3.59. The fraction of sp³-hybridized carbons (Fsp3) is 0.417. The van der Waals surface area contributed by atoms with Gasteiger partial charge in [-0.1, -0.05) is 0 Å². The van der Waals surface area contributed by atoms with E-state index < -0.39 is 0 Å². The van der Waals surface area contributed by atoms with Gasteiger partial charge >= 0.3 is 0 Å². The average Bonchev–Trinajstić information content (AvgIpc) is 2.76. The molecule has 0 radical (unpaired) electrons. The van der Waals surface area contributed by atoms with Crippen molar-refractivity contribution in [1.29, 1.82) is 0 Å². The summed E-state index contributed by atoms with van der Waals surface area (Å²) in [5, 5.41) is 2.98. The molecule has 7 heteroatoms. The molecule has 0 aliphatic carbocycles. The zero-order valence-corrected chi connectivity index (χ0v) is 12.0. The van der Waals surface area contributed by atoms with Crippen LogP contribution in [0.3, 0.4) is 0 Å². The summed E-state index contributed by atoms with van der Waals surface area (Å²) in [4.78, 5) is 11.7. The maximum Gasteiger partial charge on any atom is 0.230 e. The fourth-order valence-corrected chi connectivity index (χ4v) is 1.85. The molecule has 2 rings (SSSR count). The number of anilines is 1. The first kappa shape index (κ1) is 14.1. The normalized spacial score (nSPS) is 11.1. The van der Waals surface area contributed by atoms with E-state index in [1.165, 1.54) is 12.3 Å². The van der Waals surface area contributed by atoms with Crippen LogP contribution in [-0.4, -0.2) is 33.5 Å². The molecular formula is C12H14BrNO5. The van der Waals surface area contributed by atoms with Gasteiger partial charge in [0.25, 0.3) is 0 Å². The molecule has 0 amide bonds. The molecule has 0 unspecified atom stereocenters. The van der Waals surface area contributed by atoms with E-state index in [1.807, 2.05) is 0 Å². The number of hydrogen-bond donors (Lipinski definition) is 1. The van der Waals surface area contributed by atoms with E-state index in [2.05, 4.69) is 21.2 Å². The van der Waals surface area contributed by atoms with Crippen molar-refractivity contribution >= 4 is 33.0 Å². The number of nitrogens with one attached hydrogen (secondary N) is 1. The Bertz CT molecular complexity index is 591. The number of rotatable bonds is 7. The Labute approximate surface area is 117 Å². The fourth-order valence-electron chi connectivity index (χ4n) is 1.49. The van der Waals surface area contributed by atoms with Crippen molar-refractivity contribution in [2.24, 2.45) is 0 Å². The standard InChI is InChI=1S/C12H14BrNO5/c1-16-4-5-17-3-2-14-10-6-9(15)12-11(19-10)8(13)7-18-12/h6-7,14H,2-5H2,1H3. The Hall–Kier alpha value is -1.31. The largest absolute Gasteiger partial charge is 0.456 e. The van der Waals surface area contributed by atoms with Gasteiger partial charge in [0.05, 0.1) is 24.3 Å². The van der Waals surface area contributed by atoms with Gasteiger partial charge in [0, 0.05) is 19.7 Å². The van der Waals surface area contributed by atoms with Gasteiger partial charge in [-0.3, -0.25) is 4.79 Å². The lowest BCUT2D eigenvalue weighted by Gasteiger charge is -2.06. The van der Waals surface area contributed by atoms with Crippen LogP contribution in [0, 0.1) is 0 Å². The van der Waals surface area contributed by atoms with Gasteiger partial charge in [0.15, 0.2) is 11.5 Å². The van der Waals surface area contributed by atoms with Crippen LogP contribution < -0.4 is 10.7 Å². The topological polar surface area (TPSA) is 73.8 Å². The Kier molecular flexibility index (Phi) is 5.00. The number of hydrogen-bond acceptors (Lipinski definition) is 6. The smallest absolute Gasteiger partial charge is 0.230 e. The van der Waals surface area contributed by atoms with Gasteiger partial charge in [-0.15, -0.1) is 0 Å². The van der Waals surface area contributed by atoms with Crippen molar-refractivity contribution in [3.63, 3.8) is 0 Å². The van der Waals surface area contributed by atoms with Gasteiger partial charge in [-0.05, 0) is 15.9 Å². The highest BCUT2D eigenvalue weighted by Gasteiger charge is 2.11. The third-order valence-electron chi connectivity index (χ3n) is 2.38. The van der Waals surface area contributed by atoms with E-state index >= 15 is 0 Å². The molecule has 6 nitrogen and oxygen atoms in total. The molecule has 0 aromatic carbocycles. The third-order valence-corrected chi connectivity index (χ3v) is 2.93. The molecule has 0 bridgehead atoms. The average molecular weight is 332 g/mol. The zero-order chi connectivity index (χ0) is 13.7. The van der Waals surface area contributed by atoms with Crippen LogP contribution in [0.4, 0.5) is 5.88 Å². The molecule has 19 heavy (non-hydrogen) atoms. The van der Waals surface area contributed by atoms with Crippen LogP contribution >= 0.6 is 15.9 Å². The Balaban J connectivity index is 1.94. The predicted molar refractivity (Wildman–Crippen MR) is 73.6 cm³/mol. The second-order valence-electron chi connectivity index (χ2n) is 3.75. The SMILES string of the molecule is COCCOCCNc1cc(=O)c2occ(Br)c2o1. The maximum absolute atomic E-state index is 11.7. The lowest BCUT2D eigenvalue weighted by molar-refractivity contribution is 0.0758. The summed E-state index contributed by atoms with van der Waals surface area (Å²) in [6.45, 7) is 2.13. The maximum atomic E-state index is 11.7. The van der Waals surface area contributed by atoms with E-state index in [4.69, 9.17) is 18.3 Å². The highest BCUT2D eigenvalue weighted by molar-refractivity contribution is 9.10. The van der Waals surface area contributed by atoms with E-state index in [0.29, 0.717) is 42.3 Å². The quantitative estimate of drug-likeness (QED) is 0.784. The van der Waals surface area contributed by atoms with E-state index in [-0.39, 0.29) is 11.0 Å². The summed E-state index contributed by atoms with van der Waals surface area (Å²) in [7, 11) is 1.62. The second-order valence-corrected chi connectivity index (χ2v) is 4.60. The lowest BCUT2D eigenvalue weighted by Crippen LogP contribution is -2.13. The molecule has 2 aromatic heterocycles. The Morgan fingerprint density at radius 2 is 2.16 bits per heavy atom. The van der Waals surface area contributed by atoms with Crippen molar-refractivity contribution < 1.29 is 18.3 Å². The van der Waals surface area contributed by atoms with Crippen LogP contribution in [-0.2, 0) is 9.47 Å². The second kappa shape index (κ2) is 6.74. The first-order valence-electron chi connectivity index (χ1n) is 5.74. The molecule has 2 aromatic rings. The summed E-state index contributed by atoms with van der Waals surface area (Å²) >= 11 is 3.25. The van der Waals surface area contributed by atoms with Crippen LogP contribution in [0.25, 0.3) is 11.2 Å². The van der Waals surface area contributed by atoms with Crippen molar-refractivity contribution in [1.82, 2.24) is 0 Å². The molecule has 0 spiro atoms. The Morgan fingerprint density at radius 1 is 1.32 bits per heavy atom. The summed E-state index contributed by atoms with van der Waals surface area (Å²) in [6.07, 6.45) is 1.42. The number of fused-ring (bicyclic) bond motifs is 1. The molecule has 0 fully saturated rings. The first-order chi connectivity index (χ1) is 9.22. The number of ether oxygens (including phenoxy) is 2. The Morgan fingerprint density at radius 3 is 2.95 bits per heavy atom. The van der Waals surface area contributed by atoms with Gasteiger partial charge in [-0.2, -0.15) is 0 Å². The van der Waals surface area contributed by atoms with Crippen LogP contribution in [0.15, 0.2) is 30.4 Å². The summed E-state index contributed by atoms with van der Waals surface area (Å²) in [5.74, 6) is 0.384. The van der Waals surface area contributed by atoms with E-state index in [9.17, 15) is 4.79 Å². The molecular weight excluding hydrogens is 318 g/mol. The predicted octanol–water partition coefficient (Wildman–Crippen LogP) is 2.22. The van der Waals surface area contributed by atoms with E-state index in [0.717, 1.165) is 0 Å². The van der Waals surface area contributed by atoms with Crippen LogP contribution in [0.5, 0.6) is 0 Å². The van der Waals surface area contributed by atoms with E-state index in [1.54, 1.807) is 7.11 Å². The molecule has 104 valence electrons. The summed E-state index contributed by atoms with van der Waals surface area (Å²) < 4.78 is 21.3. The zero-order valence-electron chi connectivity index (χ0n) is 10.4. The number of halogens is 1. The first-order valence-corrected chi connectivity index (χ1v) is 6.53. The van der Waals surface area contributed by atoms with Gasteiger partial charge < -0.3 is 23.6 Å². The summed E-state index contributed by atoms with van der Waals surface area (Å²) in [5.41, 5.74) is 0.374. The minimum absolute atomic E-state index is 0.203. The molecule has 1 N–H and O–H groups in total. The highest BCUT2D eigenvalue weighted by Crippen LogP contribution is 2.25. The van der Waals surface area contributed by atoms with Crippen LogP contribution in [0.1, 0.15) is 0 Å². The molecule has 2 heterocycles. The molecule has 0 aliphatic heterocycles. The number of furan rings is 1. The van der Waals surface area contributed by atoms with Gasteiger partial charge in [0.2, 0.25) is 11.0 Å². The molecule has 0 saturated heterocycles. The minimum Gasteiger partial charge on any atom is -0.456 e. The monoisotopic (exact) mass is 331 g/mol. The molecule has 0 atom stereocenters. The molecule has 0 aliphatic rings. The van der Waals surface area contributed by atoms with Crippen molar-refractivity contribution in [3.8, 4) is 0 Å². The van der Waals surface area contributed by atoms with Crippen molar-refractivity contribution in [3.05, 3.63) is 27.0 Å². The lowest BCUT2D eigenvalue weighted by atomic mass is 10.4. The highest BCUT2D eigenvalue weighted by atomic mass is 79.9. The summed E-state index contributed by atoms with van der Waals surface area (Å²) in [6, 6.07) is 1.35. The van der Waals surface area contributed by atoms with Crippen molar-refractivity contribution in [2.45, 2.75) is 0 Å². The van der Waals surface area contributed by atoms with Crippen LogP contribution in [0.2, 0.25) is 0 Å². The van der Waals surface area contributed by atoms with Crippen molar-refractivity contribution in [2.75, 3.05) is 38.8 Å². The molecule has 0 saturated carbocycles. The van der Waals surface area contributed by atoms with Gasteiger partial charge in [0.1, 0.15) is 6.26 Å².